The number of carbonyl (C=O) groups excluding carboxylic acids is 1. The van der Waals surface area contributed by atoms with Gasteiger partial charge in [-0.2, -0.15) is 0 Å². The van der Waals surface area contributed by atoms with Crippen LogP contribution in [0.4, 0.5) is 0 Å². The first-order valence-electron chi connectivity index (χ1n) is 20.3. The van der Waals surface area contributed by atoms with Crippen LogP contribution in [0.2, 0.25) is 39.3 Å². The van der Waals surface area contributed by atoms with Crippen LogP contribution in [0.1, 0.15) is 181 Å². The molecule has 46 heavy (non-hydrogen) atoms. The Bertz CT molecular complexity index is 702. The number of unbranched alkanes of at least 4 members (excludes halogenated alkanes) is 23. The molecule has 0 unspecified atom stereocenters. The van der Waals surface area contributed by atoms with Gasteiger partial charge in [-0.05, 0) is 58.5 Å². The highest BCUT2D eigenvalue weighted by atomic mass is 28.4. The molecule has 0 aliphatic heterocycles. The third-order valence-corrected chi connectivity index (χ3v) is 10.7. The maximum Gasteiger partial charge on any atom is 0.220 e. The van der Waals surface area contributed by atoms with Gasteiger partial charge in [0.15, 0.2) is 16.6 Å². The average Bonchev–Trinajstić information content (AvgIpc) is 2.98. The summed E-state index contributed by atoms with van der Waals surface area (Å²) < 4.78 is 13.0. The highest BCUT2D eigenvalue weighted by Crippen LogP contribution is 2.17. The van der Waals surface area contributed by atoms with E-state index in [2.05, 4.69) is 70.6 Å². The molecule has 0 spiro atoms. The summed E-state index contributed by atoms with van der Waals surface area (Å²) in [7, 11) is -3.55. The molecule has 0 aromatic heterocycles. The Morgan fingerprint density at radius 1 is 0.565 bits per heavy atom. The van der Waals surface area contributed by atoms with Crippen LogP contribution in [0.3, 0.4) is 0 Å². The van der Waals surface area contributed by atoms with Crippen molar-refractivity contribution in [3.05, 3.63) is 12.2 Å². The van der Waals surface area contributed by atoms with E-state index >= 15 is 0 Å². The zero-order valence-corrected chi connectivity index (χ0v) is 34.6. The molecule has 0 saturated carbocycles. The van der Waals surface area contributed by atoms with Crippen LogP contribution >= 0.6 is 0 Å². The molecule has 0 radical (unpaired) electrons. The summed E-state index contributed by atoms with van der Waals surface area (Å²) in [4.78, 5) is 13.1. The maximum atomic E-state index is 13.1. The van der Waals surface area contributed by atoms with E-state index in [0.717, 1.165) is 19.3 Å². The Morgan fingerprint density at radius 2 is 0.957 bits per heavy atom. The molecule has 0 heterocycles. The summed E-state index contributed by atoms with van der Waals surface area (Å²) in [5, 5.41) is 3.36. The van der Waals surface area contributed by atoms with Crippen molar-refractivity contribution in [1.82, 2.24) is 5.32 Å². The Kier molecular flexibility index (Phi) is 30.3. The second-order valence-electron chi connectivity index (χ2n) is 16.0. The zero-order chi connectivity index (χ0) is 34.4. The summed E-state index contributed by atoms with van der Waals surface area (Å²) >= 11 is 0. The molecule has 0 saturated heterocycles. The van der Waals surface area contributed by atoms with Crippen LogP contribution in [0, 0.1) is 0 Å². The second-order valence-corrected chi connectivity index (χ2v) is 25.0. The zero-order valence-electron chi connectivity index (χ0n) is 32.6. The highest BCUT2D eigenvalue weighted by molar-refractivity contribution is 6.70. The minimum atomic E-state index is -1.82. The van der Waals surface area contributed by atoms with Gasteiger partial charge in [-0.3, -0.25) is 4.79 Å². The van der Waals surface area contributed by atoms with Crippen molar-refractivity contribution in [2.45, 2.75) is 232 Å². The van der Waals surface area contributed by atoms with Crippen LogP contribution in [0.25, 0.3) is 0 Å². The highest BCUT2D eigenvalue weighted by Gasteiger charge is 2.29. The first kappa shape index (κ1) is 45.6. The molecular formula is C40H83NO3Si2. The predicted octanol–water partition coefficient (Wildman–Crippen LogP) is 13.3. The Balaban J connectivity index is 4.57. The van der Waals surface area contributed by atoms with Crippen molar-refractivity contribution in [2.75, 3.05) is 6.61 Å². The van der Waals surface area contributed by atoms with Gasteiger partial charge in [0, 0.05) is 6.42 Å². The van der Waals surface area contributed by atoms with Crippen molar-refractivity contribution in [3.63, 3.8) is 0 Å². The normalized spacial score (nSPS) is 13.8. The first-order valence-corrected chi connectivity index (χ1v) is 27.1. The van der Waals surface area contributed by atoms with Gasteiger partial charge in [0.1, 0.15) is 0 Å². The summed E-state index contributed by atoms with van der Waals surface area (Å²) in [5.41, 5.74) is 0. The Labute approximate surface area is 291 Å². The molecule has 0 aliphatic carbocycles. The summed E-state index contributed by atoms with van der Waals surface area (Å²) in [6.45, 7) is 18.5. The summed E-state index contributed by atoms with van der Waals surface area (Å²) in [5.74, 6) is 0.148. The molecular weight excluding hydrogens is 599 g/mol. The summed E-state index contributed by atoms with van der Waals surface area (Å²) in [6, 6.07) is -0.138. The molecule has 2 atom stereocenters. The van der Waals surface area contributed by atoms with Gasteiger partial charge in [-0.1, -0.05) is 167 Å². The van der Waals surface area contributed by atoms with Crippen molar-refractivity contribution < 1.29 is 13.6 Å². The number of amides is 1. The predicted molar refractivity (Wildman–Crippen MR) is 210 cm³/mol. The number of hydrogen-bond acceptors (Lipinski definition) is 3. The number of hydrogen-bond donors (Lipinski definition) is 1. The average molecular weight is 682 g/mol. The van der Waals surface area contributed by atoms with Gasteiger partial charge < -0.3 is 14.2 Å². The molecule has 274 valence electrons. The fourth-order valence-corrected chi connectivity index (χ4v) is 7.70. The lowest BCUT2D eigenvalue weighted by atomic mass is 10.0. The van der Waals surface area contributed by atoms with E-state index in [1.807, 2.05) is 0 Å². The molecule has 6 heteroatoms. The molecule has 0 rings (SSSR count). The lowest BCUT2D eigenvalue weighted by molar-refractivity contribution is -0.122. The van der Waals surface area contributed by atoms with Gasteiger partial charge in [-0.15, -0.1) is 0 Å². The van der Waals surface area contributed by atoms with Gasteiger partial charge in [-0.25, -0.2) is 0 Å². The lowest BCUT2D eigenvalue weighted by Gasteiger charge is -2.33. The topological polar surface area (TPSA) is 47.6 Å². The second kappa shape index (κ2) is 30.6. The minimum Gasteiger partial charge on any atom is -0.415 e. The molecule has 4 nitrogen and oxygen atoms in total. The Morgan fingerprint density at radius 3 is 1.35 bits per heavy atom. The van der Waals surface area contributed by atoms with Gasteiger partial charge in [0.05, 0.1) is 18.8 Å². The maximum absolute atomic E-state index is 13.1. The van der Waals surface area contributed by atoms with Crippen molar-refractivity contribution in [3.8, 4) is 0 Å². The van der Waals surface area contributed by atoms with E-state index in [1.165, 1.54) is 141 Å². The first-order chi connectivity index (χ1) is 22.0. The van der Waals surface area contributed by atoms with E-state index < -0.39 is 16.6 Å². The largest absolute Gasteiger partial charge is 0.415 e. The van der Waals surface area contributed by atoms with Crippen LogP contribution in [0.5, 0.6) is 0 Å². The van der Waals surface area contributed by atoms with Crippen molar-refractivity contribution in [2.24, 2.45) is 0 Å². The monoisotopic (exact) mass is 682 g/mol. The minimum absolute atomic E-state index is 0.133. The van der Waals surface area contributed by atoms with E-state index in [0.29, 0.717) is 13.0 Å². The molecule has 0 fully saturated rings. The molecule has 0 aliphatic rings. The van der Waals surface area contributed by atoms with Gasteiger partial charge in [0.2, 0.25) is 5.91 Å². The van der Waals surface area contributed by atoms with Crippen molar-refractivity contribution >= 4 is 22.5 Å². The van der Waals surface area contributed by atoms with E-state index in [1.54, 1.807) is 0 Å². The number of allylic oxidation sites excluding steroid dienone is 1. The van der Waals surface area contributed by atoms with Gasteiger partial charge >= 0.3 is 0 Å². The number of carbonyl (C=O) groups is 1. The molecule has 1 N–H and O–H groups in total. The van der Waals surface area contributed by atoms with Gasteiger partial charge in [0.25, 0.3) is 0 Å². The van der Waals surface area contributed by atoms with Crippen LogP contribution in [-0.4, -0.2) is 41.3 Å². The molecule has 1 amide bonds. The van der Waals surface area contributed by atoms with Crippen LogP contribution in [0.15, 0.2) is 12.2 Å². The van der Waals surface area contributed by atoms with Crippen LogP contribution in [-0.2, 0) is 13.6 Å². The molecule has 0 aromatic rings. The van der Waals surface area contributed by atoms with E-state index in [4.69, 9.17) is 8.85 Å². The SMILES string of the molecule is CCCCCCCCCCCCC/C=C/[C@@H](O[Si](C)(C)C)[C@H](CO[Si](C)(C)C)NC(=O)CCCCCCCCCCCCCCC. The summed E-state index contributed by atoms with van der Waals surface area (Å²) in [6.07, 6.45) is 38.3. The third kappa shape index (κ3) is 33.5. The molecule has 0 aromatic carbocycles. The fraction of sp³-hybridized carbons (Fsp3) is 0.925. The van der Waals surface area contributed by atoms with E-state index in [-0.39, 0.29) is 18.1 Å². The van der Waals surface area contributed by atoms with Crippen molar-refractivity contribution in [1.29, 1.82) is 0 Å². The number of rotatable bonds is 34. The molecule has 0 bridgehead atoms. The Hall–Kier alpha value is -0.436. The fourth-order valence-electron chi connectivity index (χ4n) is 5.96. The smallest absolute Gasteiger partial charge is 0.220 e. The lowest BCUT2D eigenvalue weighted by Crippen LogP contribution is -2.51. The van der Waals surface area contributed by atoms with E-state index in [9.17, 15) is 4.79 Å². The quantitative estimate of drug-likeness (QED) is 0.0418. The number of nitrogens with one attached hydrogen (secondary N) is 1. The van der Waals surface area contributed by atoms with Crippen LogP contribution < -0.4 is 5.32 Å². The standard InChI is InChI=1S/C40H83NO3Si2/c1-9-11-13-15-17-19-21-23-25-27-29-31-33-35-39(44-46(6,7)8)38(37-43-45(3,4)5)41-40(42)36-34-32-30-28-26-24-22-20-18-16-14-12-10-2/h33,35,38-39H,9-32,34,36-37H2,1-8H3,(H,41,42)/b35-33+/t38-,39+/m0/s1. The third-order valence-electron chi connectivity index (χ3n) is 8.74.